The molecule has 5 nitrogen and oxygen atoms in total. The van der Waals surface area contributed by atoms with Crippen LogP contribution in [0.1, 0.15) is 12.0 Å². The minimum absolute atomic E-state index is 0.0594. The Morgan fingerprint density at radius 3 is 3.07 bits per heavy atom. The third-order valence-electron chi connectivity index (χ3n) is 2.36. The first-order chi connectivity index (χ1) is 7.20. The average Bonchev–Trinajstić information content (AvgIpc) is 2.59. The van der Waals surface area contributed by atoms with E-state index in [0.717, 1.165) is 11.8 Å². The van der Waals surface area contributed by atoms with E-state index in [4.69, 9.17) is 4.74 Å². The summed E-state index contributed by atoms with van der Waals surface area (Å²) in [6, 6.07) is 4.49. The first kappa shape index (κ1) is 9.64. The molecule has 0 radical (unpaired) electrons. The Morgan fingerprint density at radius 2 is 2.40 bits per heavy atom. The highest BCUT2D eigenvalue weighted by Gasteiger charge is 2.24. The van der Waals surface area contributed by atoms with Crippen molar-refractivity contribution in [1.82, 2.24) is 0 Å². The Bertz CT molecular complexity index is 416. The first-order valence-electron chi connectivity index (χ1n) is 4.58. The minimum atomic E-state index is -0.437. The molecule has 2 rings (SSSR count). The standard InChI is InChI=1S/C10H9NO4/c12-4-3-9-6-7-5-8(11(13)14)1-2-10(7)15-9/h1-2,4-5,9H,3,6H2. The number of hydrogen-bond donors (Lipinski definition) is 0. The summed E-state index contributed by atoms with van der Waals surface area (Å²) < 4.78 is 5.43. The number of nitro benzene ring substituents is 1. The van der Waals surface area contributed by atoms with Gasteiger partial charge in [0.15, 0.2) is 0 Å². The van der Waals surface area contributed by atoms with Gasteiger partial charge in [-0.1, -0.05) is 0 Å². The molecular formula is C10H9NO4. The van der Waals surface area contributed by atoms with Crippen LogP contribution in [-0.4, -0.2) is 17.3 Å². The van der Waals surface area contributed by atoms with Gasteiger partial charge in [0, 0.05) is 30.5 Å². The highest BCUT2D eigenvalue weighted by atomic mass is 16.6. The second kappa shape index (κ2) is 3.68. The van der Waals surface area contributed by atoms with Crippen LogP contribution in [0.25, 0.3) is 0 Å². The fourth-order valence-electron chi connectivity index (χ4n) is 1.66. The minimum Gasteiger partial charge on any atom is -0.489 e. The van der Waals surface area contributed by atoms with Crippen molar-refractivity contribution in [3.05, 3.63) is 33.9 Å². The van der Waals surface area contributed by atoms with Gasteiger partial charge in [-0.3, -0.25) is 10.1 Å². The zero-order valence-electron chi connectivity index (χ0n) is 7.88. The number of rotatable bonds is 3. The normalized spacial score (nSPS) is 18.0. The number of carbonyl (C=O) groups excluding carboxylic acids is 1. The Labute approximate surface area is 85.8 Å². The van der Waals surface area contributed by atoms with Gasteiger partial charge in [-0.25, -0.2) is 0 Å². The summed E-state index contributed by atoms with van der Waals surface area (Å²) in [5.41, 5.74) is 0.861. The Morgan fingerprint density at radius 1 is 1.60 bits per heavy atom. The lowest BCUT2D eigenvalue weighted by Gasteiger charge is -2.04. The van der Waals surface area contributed by atoms with Crippen LogP contribution < -0.4 is 4.74 Å². The molecule has 15 heavy (non-hydrogen) atoms. The van der Waals surface area contributed by atoms with E-state index in [2.05, 4.69) is 0 Å². The number of fused-ring (bicyclic) bond motifs is 1. The van der Waals surface area contributed by atoms with Crippen molar-refractivity contribution in [2.45, 2.75) is 18.9 Å². The molecule has 0 fully saturated rings. The molecule has 1 aliphatic heterocycles. The third kappa shape index (κ3) is 1.81. The van der Waals surface area contributed by atoms with Gasteiger partial charge in [0.25, 0.3) is 5.69 Å². The number of ether oxygens (including phenoxy) is 1. The van der Waals surface area contributed by atoms with E-state index in [1.165, 1.54) is 12.1 Å². The molecule has 1 aliphatic rings. The summed E-state index contributed by atoms with van der Waals surface area (Å²) in [7, 11) is 0. The lowest BCUT2D eigenvalue weighted by Crippen LogP contribution is -2.12. The Kier molecular flexibility index (Phi) is 2.37. The zero-order valence-corrected chi connectivity index (χ0v) is 7.88. The van der Waals surface area contributed by atoms with E-state index in [1.54, 1.807) is 6.07 Å². The predicted octanol–water partition coefficient (Wildman–Crippen LogP) is 1.49. The van der Waals surface area contributed by atoms with Crippen LogP contribution in [0.15, 0.2) is 18.2 Å². The molecule has 1 atom stereocenters. The van der Waals surface area contributed by atoms with Crippen LogP contribution >= 0.6 is 0 Å². The molecule has 5 heteroatoms. The quantitative estimate of drug-likeness (QED) is 0.427. The van der Waals surface area contributed by atoms with Crippen LogP contribution in [0, 0.1) is 10.1 Å². The SMILES string of the molecule is O=CCC1Cc2cc([N+](=O)[O-])ccc2O1. The van der Waals surface area contributed by atoms with E-state index in [1.807, 2.05) is 0 Å². The summed E-state index contributed by atoms with van der Waals surface area (Å²) in [4.78, 5) is 20.4. The summed E-state index contributed by atoms with van der Waals surface area (Å²) >= 11 is 0. The maximum absolute atomic E-state index is 10.5. The molecule has 1 aromatic rings. The summed E-state index contributed by atoms with van der Waals surface area (Å²) in [5.74, 6) is 0.646. The van der Waals surface area contributed by atoms with Crippen LogP contribution in [0.2, 0.25) is 0 Å². The monoisotopic (exact) mass is 207 g/mol. The lowest BCUT2D eigenvalue weighted by molar-refractivity contribution is -0.384. The highest BCUT2D eigenvalue weighted by molar-refractivity contribution is 5.52. The molecule has 78 valence electrons. The molecule has 1 aromatic carbocycles. The molecule has 0 amide bonds. The van der Waals surface area contributed by atoms with Crippen molar-refractivity contribution < 1.29 is 14.5 Å². The molecule has 0 N–H and O–H groups in total. The van der Waals surface area contributed by atoms with Gasteiger partial charge in [0.2, 0.25) is 0 Å². The fourth-order valence-corrected chi connectivity index (χ4v) is 1.66. The lowest BCUT2D eigenvalue weighted by atomic mass is 10.1. The van der Waals surface area contributed by atoms with Crippen LogP contribution in [0.4, 0.5) is 5.69 Å². The van der Waals surface area contributed by atoms with Gasteiger partial charge in [-0.2, -0.15) is 0 Å². The van der Waals surface area contributed by atoms with Gasteiger partial charge >= 0.3 is 0 Å². The number of nitro groups is 1. The molecule has 0 spiro atoms. The number of aldehydes is 1. The Hall–Kier alpha value is -1.91. The number of nitrogens with zero attached hydrogens (tertiary/aromatic N) is 1. The second-order valence-electron chi connectivity index (χ2n) is 3.40. The number of benzene rings is 1. The average molecular weight is 207 g/mol. The van der Waals surface area contributed by atoms with Crippen molar-refractivity contribution in [3.63, 3.8) is 0 Å². The topological polar surface area (TPSA) is 69.4 Å². The zero-order chi connectivity index (χ0) is 10.8. The molecule has 0 saturated carbocycles. The van der Waals surface area contributed by atoms with E-state index < -0.39 is 4.92 Å². The first-order valence-corrected chi connectivity index (χ1v) is 4.58. The Balaban J connectivity index is 2.23. The van der Waals surface area contributed by atoms with E-state index in [-0.39, 0.29) is 11.8 Å². The molecule has 0 aromatic heterocycles. The van der Waals surface area contributed by atoms with Gasteiger partial charge in [-0.15, -0.1) is 0 Å². The third-order valence-corrected chi connectivity index (χ3v) is 2.36. The largest absolute Gasteiger partial charge is 0.489 e. The summed E-state index contributed by atoms with van der Waals surface area (Å²) in [6.07, 6.45) is 1.52. The van der Waals surface area contributed by atoms with Crippen molar-refractivity contribution in [2.75, 3.05) is 0 Å². The maximum Gasteiger partial charge on any atom is 0.269 e. The van der Waals surface area contributed by atoms with E-state index in [9.17, 15) is 14.9 Å². The summed E-state index contributed by atoms with van der Waals surface area (Å²) in [5, 5.41) is 10.5. The van der Waals surface area contributed by atoms with Gasteiger partial charge in [-0.05, 0) is 6.07 Å². The van der Waals surface area contributed by atoms with Crippen molar-refractivity contribution in [1.29, 1.82) is 0 Å². The van der Waals surface area contributed by atoms with Crippen LogP contribution in [-0.2, 0) is 11.2 Å². The number of carbonyl (C=O) groups is 1. The van der Waals surface area contributed by atoms with Crippen molar-refractivity contribution >= 4 is 12.0 Å². The van der Waals surface area contributed by atoms with Crippen LogP contribution in [0.3, 0.4) is 0 Å². The van der Waals surface area contributed by atoms with Crippen LogP contribution in [0.5, 0.6) is 5.75 Å². The highest BCUT2D eigenvalue weighted by Crippen LogP contribution is 2.32. The van der Waals surface area contributed by atoms with Gasteiger partial charge in [0.1, 0.15) is 18.1 Å². The number of non-ortho nitro benzene ring substituents is 1. The van der Waals surface area contributed by atoms with Crippen molar-refractivity contribution in [2.24, 2.45) is 0 Å². The molecular weight excluding hydrogens is 198 g/mol. The molecule has 1 unspecified atom stereocenters. The van der Waals surface area contributed by atoms with E-state index in [0.29, 0.717) is 18.6 Å². The van der Waals surface area contributed by atoms with Gasteiger partial charge in [0.05, 0.1) is 4.92 Å². The fraction of sp³-hybridized carbons (Fsp3) is 0.300. The molecule has 0 aliphatic carbocycles. The molecule has 0 bridgehead atoms. The van der Waals surface area contributed by atoms with Crippen molar-refractivity contribution in [3.8, 4) is 5.75 Å². The maximum atomic E-state index is 10.5. The predicted molar refractivity (Wildman–Crippen MR) is 51.9 cm³/mol. The second-order valence-corrected chi connectivity index (χ2v) is 3.40. The molecule has 0 saturated heterocycles. The smallest absolute Gasteiger partial charge is 0.269 e. The number of hydrogen-bond acceptors (Lipinski definition) is 4. The van der Waals surface area contributed by atoms with E-state index >= 15 is 0 Å². The summed E-state index contributed by atoms with van der Waals surface area (Å²) in [6.45, 7) is 0. The van der Waals surface area contributed by atoms with Gasteiger partial charge < -0.3 is 9.53 Å². The molecule has 1 heterocycles.